The van der Waals surface area contributed by atoms with Crippen LogP contribution in [-0.4, -0.2) is 131 Å². The first-order chi connectivity index (χ1) is 45.3. The molecule has 0 atom stereocenters. The monoisotopic (exact) mass is 1400 g/mol. The molecule has 6 heterocycles. The Bertz CT molecular complexity index is 4730. The molecule has 12 aromatic rings. The van der Waals surface area contributed by atoms with E-state index in [-0.39, 0.29) is 17.2 Å². The summed E-state index contributed by atoms with van der Waals surface area (Å²) in [5, 5.41) is 15.1. The molecule has 2 amide bonds. The topological polar surface area (TPSA) is 156 Å². The third kappa shape index (κ3) is 16.1. The molecular formula is C75H65BrIN13O3. The van der Waals surface area contributed by atoms with Gasteiger partial charge in [0.05, 0.1) is 36.3 Å². The molecule has 8 aromatic carbocycles. The van der Waals surface area contributed by atoms with Crippen molar-refractivity contribution in [2.45, 2.75) is 12.8 Å². The second-order valence-electron chi connectivity index (χ2n) is 22.8. The highest BCUT2D eigenvalue weighted by Crippen LogP contribution is 2.30. The number of hydrogen-bond donors (Lipinski definition) is 3. The number of H-pyrrole nitrogens is 1. The Kier molecular flexibility index (Phi) is 21.0. The number of aromatic amines is 1. The van der Waals surface area contributed by atoms with Crippen molar-refractivity contribution in [2.24, 2.45) is 0 Å². The average Bonchev–Trinajstić information content (AvgIpc) is 1.25. The van der Waals surface area contributed by atoms with Gasteiger partial charge in [-0.1, -0.05) is 82.7 Å². The lowest BCUT2D eigenvalue weighted by atomic mass is 10.0. The molecule has 14 rings (SSSR count). The van der Waals surface area contributed by atoms with Gasteiger partial charge in [0.15, 0.2) is 22.5 Å². The molecule has 93 heavy (non-hydrogen) atoms. The minimum atomic E-state index is 0.0715. The van der Waals surface area contributed by atoms with E-state index < -0.39 is 0 Å². The Morgan fingerprint density at radius 1 is 0.495 bits per heavy atom. The summed E-state index contributed by atoms with van der Waals surface area (Å²) in [6.45, 7) is 29.8. The maximum absolute atomic E-state index is 12.9. The van der Waals surface area contributed by atoms with Gasteiger partial charge >= 0.3 is 0 Å². The van der Waals surface area contributed by atoms with Crippen molar-refractivity contribution in [3.05, 3.63) is 269 Å². The summed E-state index contributed by atoms with van der Waals surface area (Å²) in [4.78, 5) is 71.9. The predicted octanol–water partition coefficient (Wildman–Crippen LogP) is 15.6. The first-order valence-electron chi connectivity index (χ1n) is 30.5. The first kappa shape index (κ1) is 64.4. The number of halogens is 2. The summed E-state index contributed by atoms with van der Waals surface area (Å²) in [6, 6.07) is 54.6. The van der Waals surface area contributed by atoms with E-state index in [0.717, 1.165) is 174 Å². The molecule has 2 fully saturated rings. The molecule has 4 aromatic heterocycles. The quantitative estimate of drug-likeness (QED) is 0.0890. The number of nitrogens with one attached hydrogen (secondary N) is 3. The number of anilines is 2. The minimum Gasteiger partial charge on any atom is -0.384 e. The van der Waals surface area contributed by atoms with Crippen LogP contribution in [0.15, 0.2) is 204 Å². The number of pyridine rings is 4. The number of aromatic nitrogens is 4. The van der Waals surface area contributed by atoms with Gasteiger partial charge in [-0.3, -0.25) is 29.3 Å². The van der Waals surface area contributed by atoms with E-state index in [4.69, 9.17) is 19.7 Å². The molecule has 0 bridgehead atoms. The molecule has 0 unspecified atom stereocenters. The first-order valence-corrected chi connectivity index (χ1v) is 32.4. The second kappa shape index (κ2) is 30.3. The van der Waals surface area contributed by atoms with E-state index in [1.54, 1.807) is 49.1 Å². The Labute approximate surface area is 561 Å². The van der Waals surface area contributed by atoms with Crippen LogP contribution in [0.4, 0.5) is 28.4 Å². The van der Waals surface area contributed by atoms with Crippen LogP contribution in [0.25, 0.3) is 79.7 Å². The molecule has 0 radical (unpaired) electrons. The highest BCUT2D eigenvalue weighted by Gasteiger charge is 2.22. The van der Waals surface area contributed by atoms with Crippen LogP contribution in [0.3, 0.4) is 0 Å². The van der Waals surface area contributed by atoms with Crippen molar-refractivity contribution >= 4 is 144 Å². The lowest BCUT2D eigenvalue weighted by molar-refractivity contribution is 0.0657. The van der Waals surface area contributed by atoms with Crippen LogP contribution in [0.1, 0.15) is 31.8 Å². The molecule has 18 heteroatoms. The molecule has 0 saturated carbocycles. The van der Waals surface area contributed by atoms with Crippen LogP contribution < -0.4 is 16.1 Å². The standard InChI is InChI=1S/2C28H27N5O.C10H5BrN2.C9H6INO/c2*1-29-24-7-8-26-25(19-24)27(10-12-31-26)30-11-9-20-3-4-22-18-23(6-5-21(22)17-20)28(34)33-15-13-32(2)14-16-33;1-12-7-2-3-10-8(6-7)9(11)4-5-13-10;10-6-1-2-8-7(5-6)9(12)3-4-11-8/h2*3-8,10,12,17-19H,9,11,13-16H2,2H3,(H,30,31);2-6H;1-5H,(H,11,12). The van der Waals surface area contributed by atoms with Gasteiger partial charge in [0.25, 0.3) is 11.8 Å². The lowest BCUT2D eigenvalue weighted by Crippen LogP contribution is -2.47. The zero-order valence-corrected chi connectivity index (χ0v) is 55.2. The summed E-state index contributed by atoms with van der Waals surface area (Å²) in [5.74, 6) is 0.239. The van der Waals surface area contributed by atoms with E-state index in [0.29, 0.717) is 17.1 Å². The molecule has 462 valence electrons. The summed E-state index contributed by atoms with van der Waals surface area (Å²) in [7, 11) is 4.19. The Balaban J connectivity index is 0.000000139. The number of carbonyl (C=O) groups is 2. The maximum Gasteiger partial charge on any atom is 0.253 e. The highest BCUT2D eigenvalue weighted by molar-refractivity contribution is 14.1. The number of piperazine rings is 2. The fourth-order valence-corrected chi connectivity index (χ4v) is 12.2. The van der Waals surface area contributed by atoms with E-state index in [9.17, 15) is 14.4 Å². The number of fused-ring (bicyclic) bond motifs is 6. The van der Waals surface area contributed by atoms with Gasteiger partial charge in [-0.05, 0) is 179 Å². The van der Waals surface area contributed by atoms with Gasteiger partial charge in [0.2, 0.25) is 0 Å². The van der Waals surface area contributed by atoms with Crippen molar-refractivity contribution in [2.75, 3.05) is 90.2 Å². The van der Waals surface area contributed by atoms with Crippen molar-refractivity contribution in [1.29, 1.82) is 0 Å². The van der Waals surface area contributed by atoms with Crippen LogP contribution in [0, 0.1) is 23.3 Å². The van der Waals surface area contributed by atoms with Crippen LogP contribution in [0.2, 0.25) is 0 Å². The third-order valence-corrected chi connectivity index (χ3v) is 17.9. The van der Waals surface area contributed by atoms with Crippen molar-refractivity contribution in [1.82, 2.24) is 39.5 Å². The Hall–Kier alpha value is -10.1. The van der Waals surface area contributed by atoms with Gasteiger partial charge in [0, 0.05) is 154 Å². The maximum atomic E-state index is 12.9. The Morgan fingerprint density at radius 2 is 0.925 bits per heavy atom. The highest BCUT2D eigenvalue weighted by atomic mass is 127. The number of rotatable bonds is 10. The van der Waals surface area contributed by atoms with E-state index >= 15 is 0 Å². The van der Waals surface area contributed by atoms with E-state index in [1.165, 1.54) is 11.1 Å². The normalized spacial score (nSPS) is 13.2. The van der Waals surface area contributed by atoms with Gasteiger partial charge in [-0.2, -0.15) is 0 Å². The van der Waals surface area contributed by atoms with Gasteiger partial charge in [0.1, 0.15) is 0 Å². The molecular weight excluding hydrogens is 1340 g/mol. The van der Waals surface area contributed by atoms with Gasteiger partial charge in [-0.15, -0.1) is 0 Å². The van der Waals surface area contributed by atoms with Crippen LogP contribution in [-0.2, 0) is 12.8 Å². The third-order valence-electron chi connectivity index (χ3n) is 16.6. The molecule has 0 spiro atoms. The number of amides is 2. The van der Waals surface area contributed by atoms with Crippen LogP contribution in [0.5, 0.6) is 0 Å². The zero-order chi connectivity index (χ0) is 64.8. The largest absolute Gasteiger partial charge is 0.384 e. The SMILES string of the molecule is O=c1cc[nH]c2ccc(I)cc12.[C-]#[N+]c1ccc2nccc(Br)c2c1.[C-]#[N+]c1ccc2nccc(NCCc3ccc4cc(C(=O)N5CCN(C)CC5)ccc4c3)c2c1.[C-]#[N+]c1ccc2nccc(NCCc3ccc4cc(C(=O)N5CCN(C)CC5)ccc4c3)c2c1. The Morgan fingerprint density at radius 3 is 1.40 bits per heavy atom. The molecule has 2 aliphatic rings. The molecule has 0 aliphatic carbocycles. The van der Waals surface area contributed by atoms with E-state index in [1.807, 2.05) is 107 Å². The fraction of sp³-hybridized carbons (Fsp3) is 0.187. The number of likely N-dealkylation sites (N-methyl/N-ethyl adjacent to an activating group) is 2. The van der Waals surface area contributed by atoms with Crippen LogP contribution >= 0.6 is 38.5 Å². The number of carbonyl (C=O) groups excluding carboxylic acids is 2. The van der Waals surface area contributed by atoms with Crippen molar-refractivity contribution < 1.29 is 9.59 Å². The minimum absolute atomic E-state index is 0.0715. The summed E-state index contributed by atoms with van der Waals surface area (Å²) in [6.07, 6.45) is 8.72. The zero-order valence-electron chi connectivity index (χ0n) is 51.4. The second-order valence-corrected chi connectivity index (χ2v) is 24.9. The lowest BCUT2D eigenvalue weighted by Gasteiger charge is -2.32. The summed E-state index contributed by atoms with van der Waals surface area (Å²) < 4.78 is 2.06. The molecule has 3 N–H and O–H groups in total. The van der Waals surface area contributed by atoms with Gasteiger partial charge < -0.3 is 35.2 Å². The van der Waals surface area contributed by atoms with Crippen molar-refractivity contribution in [3.63, 3.8) is 0 Å². The van der Waals surface area contributed by atoms with Crippen molar-refractivity contribution in [3.8, 4) is 0 Å². The predicted molar refractivity (Wildman–Crippen MR) is 388 cm³/mol. The summed E-state index contributed by atoms with van der Waals surface area (Å²) >= 11 is 5.61. The molecule has 2 saturated heterocycles. The van der Waals surface area contributed by atoms with E-state index in [2.05, 4.69) is 156 Å². The number of benzene rings is 8. The summed E-state index contributed by atoms with van der Waals surface area (Å²) in [5.41, 5.74) is 11.5. The smallest absolute Gasteiger partial charge is 0.253 e. The molecule has 2 aliphatic heterocycles. The van der Waals surface area contributed by atoms with Gasteiger partial charge in [-0.25, -0.2) is 14.5 Å². The number of hydrogen-bond acceptors (Lipinski definition) is 10. The molecule has 16 nitrogen and oxygen atoms in total. The number of nitrogens with zero attached hydrogens (tertiary/aromatic N) is 10. The fourth-order valence-electron chi connectivity index (χ4n) is 11.3. The average molecular weight is 1400 g/mol.